The fourth-order valence-corrected chi connectivity index (χ4v) is 6.45. The van der Waals surface area contributed by atoms with Crippen LogP contribution in [-0.2, 0) is 4.74 Å². The molecule has 0 aliphatic carbocycles. The van der Waals surface area contributed by atoms with Gasteiger partial charge in [-0.1, -0.05) is 90.9 Å². The van der Waals surface area contributed by atoms with Gasteiger partial charge in [-0.05, 0) is 12.8 Å². The summed E-state index contributed by atoms with van der Waals surface area (Å²) < 4.78 is 214. The van der Waals surface area contributed by atoms with E-state index in [9.17, 15) is 79.0 Å². The standard InChI is InChI=1S/C18H38O.2C4F9.Sn/c1-3-5-7-9-11-13-15-17-19-18-16-14-12-10-8-6-4-2;2*5-1(6)2(7,8)3(9,10)4(11,12)13;/h3-18H2,1-2H3;;;. The van der Waals surface area contributed by atoms with Crippen molar-refractivity contribution in [3.8, 4) is 0 Å². The van der Waals surface area contributed by atoms with Crippen LogP contribution in [-0.4, -0.2) is 78.3 Å². The van der Waals surface area contributed by atoms with E-state index >= 15 is 0 Å². The summed E-state index contributed by atoms with van der Waals surface area (Å²) in [5.74, 6) is -31.3. The van der Waals surface area contributed by atoms with Crippen LogP contribution in [0, 0.1) is 0 Å². The minimum absolute atomic E-state index is 0.990. The van der Waals surface area contributed by atoms with Crippen LogP contribution >= 0.6 is 0 Å². The van der Waals surface area contributed by atoms with Crippen LogP contribution in [0.1, 0.15) is 104 Å². The molecule has 0 aromatic rings. The summed E-state index contributed by atoms with van der Waals surface area (Å²) in [6, 6.07) is 0. The number of rotatable bonds is 22. The summed E-state index contributed by atoms with van der Waals surface area (Å²) in [4.78, 5) is 0. The topological polar surface area (TPSA) is 9.23 Å². The maximum atomic E-state index is 12.9. The Morgan fingerprint density at radius 2 is 0.587 bits per heavy atom. The van der Waals surface area contributed by atoms with Crippen molar-refractivity contribution in [2.45, 2.75) is 148 Å². The number of halogens is 18. The van der Waals surface area contributed by atoms with Crippen molar-refractivity contribution in [3.05, 3.63) is 0 Å². The monoisotopic (exact) mass is 828 g/mol. The second kappa shape index (κ2) is 19.6. The quantitative estimate of drug-likeness (QED) is 0.0600. The molecule has 0 aliphatic heterocycles. The first-order valence-corrected chi connectivity index (χ1v) is 17.2. The van der Waals surface area contributed by atoms with Crippen LogP contribution in [0.15, 0.2) is 0 Å². The zero-order chi connectivity index (χ0) is 36.7. The molecule has 0 spiro atoms. The van der Waals surface area contributed by atoms with Gasteiger partial charge in [0.1, 0.15) is 0 Å². The predicted octanol–water partition coefficient (Wildman–Crippen LogP) is 12.0. The van der Waals surface area contributed by atoms with Gasteiger partial charge in [0.25, 0.3) is 0 Å². The van der Waals surface area contributed by atoms with Crippen molar-refractivity contribution in [1.29, 1.82) is 0 Å². The zero-order valence-electron chi connectivity index (χ0n) is 25.0. The third kappa shape index (κ3) is 13.8. The zero-order valence-corrected chi connectivity index (χ0v) is 27.9. The Bertz CT molecular complexity index is 748. The van der Waals surface area contributed by atoms with Gasteiger partial charge in [0.05, 0.1) is 0 Å². The second-order valence-corrected chi connectivity index (χ2v) is 14.7. The Morgan fingerprint density at radius 3 is 0.826 bits per heavy atom. The van der Waals surface area contributed by atoms with Gasteiger partial charge in [0.2, 0.25) is 0 Å². The summed E-state index contributed by atoms with van der Waals surface area (Å²) >= 11 is -6.91. The normalized spacial score (nSPS) is 14.3. The first kappa shape index (κ1) is 47.6. The van der Waals surface area contributed by atoms with Crippen LogP contribution in [0.3, 0.4) is 0 Å². The number of ether oxygens (including phenoxy) is 1. The molecule has 0 unspecified atom stereocenters. The molecule has 0 atom stereocenters. The summed E-state index contributed by atoms with van der Waals surface area (Å²) in [5, 5.41) is 0. The average molecular weight is 827 g/mol. The Balaban J connectivity index is 0. The van der Waals surface area contributed by atoms with Gasteiger partial charge in [-0.25, -0.2) is 0 Å². The summed E-state index contributed by atoms with van der Waals surface area (Å²) in [6.07, 6.45) is 4.21. The fraction of sp³-hybridized carbons (Fsp3) is 1.00. The van der Waals surface area contributed by atoms with E-state index in [1.165, 1.54) is 89.9 Å². The molecular weight excluding hydrogens is 789 g/mol. The molecule has 0 saturated heterocycles. The van der Waals surface area contributed by atoms with Gasteiger partial charge in [-0.3, -0.25) is 0 Å². The molecule has 1 nitrogen and oxygen atoms in total. The molecular formula is C26H38F18OSn. The fourth-order valence-electron chi connectivity index (χ4n) is 3.53. The van der Waals surface area contributed by atoms with Crippen LogP contribution in [0.5, 0.6) is 0 Å². The molecule has 0 aromatic carbocycles. The van der Waals surface area contributed by atoms with E-state index in [4.69, 9.17) is 4.74 Å². The molecule has 0 aromatic heterocycles. The maximum absolute atomic E-state index is 12.9. The van der Waals surface area contributed by atoms with E-state index in [2.05, 4.69) is 13.8 Å². The molecule has 0 heterocycles. The number of alkyl halides is 18. The van der Waals surface area contributed by atoms with Crippen molar-refractivity contribution in [2.24, 2.45) is 0 Å². The minimum atomic E-state index is -7.85. The van der Waals surface area contributed by atoms with Gasteiger partial charge in [-0.15, -0.1) is 0 Å². The van der Waals surface area contributed by atoms with Crippen molar-refractivity contribution < 1.29 is 83.8 Å². The summed E-state index contributed by atoms with van der Waals surface area (Å²) in [7, 11) is 0. The van der Waals surface area contributed by atoms with E-state index in [1.54, 1.807) is 0 Å². The van der Waals surface area contributed by atoms with E-state index in [0.29, 0.717) is 0 Å². The van der Waals surface area contributed by atoms with Crippen molar-refractivity contribution in [3.63, 3.8) is 0 Å². The summed E-state index contributed by atoms with van der Waals surface area (Å²) in [6.45, 7) is 6.53. The predicted molar refractivity (Wildman–Crippen MR) is 134 cm³/mol. The van der Waals surface area contributed by atoms with Crippen LogP contribution in [0.4, 0.5) is 79.0 Å². The molecule has 2 radical (unpaired) electrons. The Labute approximate surface area is 265 Å². The molecule has 0 bridgehead atoms. The molecule has 0 fully saturated rings. The van der Waals surface area contributed by atoms with Gasteiger partial charge in [0, 0.05) is 13.2 Å². The Kier molecular flexibility index (Phi) is 20.3. The Morgan fingerprint density at radius 1 is 0.348 bits per heavy atom. The van der Waals surface area contributed by atoms with E-state index in [1.807, 2.05) is 0 Å². The first-order valence-electron chi connectivity index (χ1n) is 14.4. The number of unbranched alkanes of at least 4 members (excludes halogenated alkanes) is 12. The molecule has 0 amide bonds. The summed E-state index contributed by atoms with van der Waals surface area (Å²) in [5.41, 5.74) is 0. The van der Waals surface area contributed by atoms with Gasteiger partial charge in [-0.2, -0.15) is 0 Å². The molecule has 46 heavy (non-hydrogen) atoms. The van der Waals surface area contributed by atoms with E-state index in [0.717, 1.165) is 13.2 Å². The molecule has 0 aliphatic rings. The van der Waals surface area contributed by atoms with Crippen LogP contribution in [0.2, 0.25) is 0 Å². The Hall–Kier alpha value is -0.501. The van der Waals surface area contributed by atoms with Crippen molar-refractivity contribution in [1.82, 2.24) is 0 Å². The molecule has 0 rings (SSSR count). The molecule has 20 heteroatoms. The molecule has 278 valence electrons. The van der Waals surface area contributed by atoms with Gasteiger partial charge in [0.15, 0.2) is 0 Å². The molecule has 0 saturated carbocycles. The van der Waals surface area contributed by atoms with Gasteiger partial charge >= 0.3 is 144 Å². The molecule has 0 N–H and O–H groups in total. The van der Waals surface area contributed by atoms with E-state index in [-0.39, 0.29) is 0 Å². The third-order valence-corrected chi connectivity index (χ3v) is 9.97. The van der Waals surface area contributed by atoms with Crippen molar-refractivity contribution >= 4 is 21.1 Å². The van der Waals surface area contributed by atoms with Gasteiger partial charge < -0.3 is 4.74 Å². The van der Waals surface area contributed by atoms with E-state index < -0.39 is 65.1 Å². The SMILES string of the molecule is CCCCCCCCCOCCCCCCCCC.FC(F)(F)C(F)(F)C(F)(F)[C](F)(F)[Sn][C](F)(F)C(F)(F)C(F)(F)C(F)(F)F. The number of hydrogen-bond donors (Lipinski definition) is 0. The second-order valence-electron chi connectivity index (χ2n) is 10.4. The third-order valence-electron chi connectivity index (χ3n) is 6.39. The van der Waals surface area contributed by atoms with Crippen LogP contribution in [0.25, 0.3) is 0 Å². The average Bonchev–Trinajstić information content (AvgIpc) is 2.89. The first-order chi connectivity index (χ1) is 20.6. The van der Waals surface area contributed by atoms with Crippen LogP contribution < -0.4 is 0 Å². The van der Waals surface area contributed by atoms with Crippen molar-refractivity contribution in [2.75, 3.05) is 13.2 Å². The number of hydrogen-bond acceptors (Lipinski definition) is 1.